The molecule has 8 rings (SSSR count). The van der Waals surface area contributed by atoms with E-state index in [1.54, 1.807) is 0 Å². The van der Waals surface area contributed by atoms with Crippen LogP contribution in [0, 0.1) is 0 Å². The highest BCUT2D eigenvalue weighted by Gasteiger charge is 2.23. The first-order chi connectivity index (χ1) is 19.2. The highest BCUT2D eigenvalue weighted by Crippen LogP contribution is 2.46. The second-order valence-electron chi connectivity index (χ2n) is 10.4. The van der Waals surface area contributed by atoms with Gasteiger partial charge in [-0.15, -0.1) is 0 Å². The molecular weight excluding hydrogens is 476 g/mol. The normalized spacial score (nSPS) is 12.2. The van der Waals surface area contributed by atoms with Crippen LogP contribution in [0.25, 0.3) is 65.7 Å². The van der Waals surface area contributed by atoms with Crippen LogP contribution in [-0.4, -0.2) is 13.1 Å². The second-order valence-corrected chi connectivity index (χ2v) is 10.4. The number of esters is 1. The summed E-state index contributed by atoms with van der Waals surface area (Å²) in [5.41, 5.74) is 10.9. The first-order valence-electron chi connectivity index (χ1n) is 13.3. The maximum atomic E-state index is 12.0. The molecule has 0 spiro atoms. The van der Waals surface area contributed by atoms with Gasteiger partial charge in [-0.25, -0.2) is 4.79 Å². The van der Waals surface area contributed by atoms with Crippen LogP contribution >= 0.6 is 0 Å². The van der Waals surface area contributed by atoms with Gasteiger partial charge in [0.2, 0.25) is 0 Å². The van der Waals surface area contributed by atoms with Gasteiger partial charge in [0.05, 0.1) is 12.7 Å². The van der Waals surface area contributed by atoms with Crippen molar-refractivity contribution in [2.75, 3.05) is 7.11 Å². The molecule has 0 saturated heterocycles. The predicted molar refractivity (Wildman–Crippen MR) is 161 cm³/mol. The molecule has 0 heterocycles. The van der Waals surface area contributed by atoms with Gasteiger partial charge in [0, 0.05) is 0 Å². The summed E-state index contributed by atoms with van der Waals surface area (Å²) in [5.74, 6) is -0.319. The molecule has 7 aromatic rings. The molecule has 0 saturated carbocycles. The van der Waals surface area contributed by atoms with E-state index in [1.807, 2.05) is 24.3 Å². The minimum Gasteiger partial charge on any atom is -0.465 e. The van der Waals surface area contributed by atoms with Crippen LogP contribution in [0.5, 0.6) is 0 Å². The molecule has 0 unspecified atom stereocenters. The highest BCUT2D eigenvalue weighted by atomic mass is 16.5. The van der Waals surface area contributed by atoms with Gasteiger partial charge in [0.15, 0.2) is 0 Å². The van der Waals surface area contributed by atoms with Crippen molar-refractivity contribution in [2.24, 2.45) is 0 Å². The van der Waals surface area contributed by atoms with Crippen molar-refractivity contribution in [3.05, 3.63) is 132 Å². The summed E-state index contributed by atoms with van der Waals surface area (Å²) in [6, 6.07) is 41.2. The topological polar surface area (TPSA) is 26.3 Å². The standard InChI is InChI=1S/C37H24O2/c1-39-37(38)25-11-9-22(10-12-25)28-17-13-23-16-20-33-31(18-14-24-15-19-32(28)35(23)36(24)33)30-8-4-7-29-27-6-3-2-5-26(27)21-34(29)30/h2-20H,21H2,1H3. The Bertz CT molecular complexity index is 2080. The third-order valence-corrected chi connectivity index (χ3v) is 8.42. The number of benzene rings is 7. The average molecular weight is 501 g/mol. The van der Waals surface area contributed by atoms with Crippen LogP contribution in [0.4, 0.5) is 0 Å². The summed E-state index contributed by atoms with van der Waals surface area (Å²) in [7, 11) is 1.41. The lowest BCUT2D eigenvalue weighted by Crippen LogP contribution is -2.00. The number of hydrogen-bond acceptors (Lipinski definition) is 2. The van der Waals surface area contributed by atoms with Gasteiger partial charge in [-0.2, -0.15) is 0 Å². The Morgan fingerprint density at radius 3 is 1.87 bits per heavy atom. The van der Waals surface area contributed by atoms with Crippen molar-refractivity contribution in [1.29, 1.82) is 0 Å². The summed E-state index contributed by atoms with van der Waals surface area (Å²) in [6.07, 6.45) is 0.968. The largest absolute Gasteiger partial charge is 0.465 e. The summed E-state index contributed by atoms with van der Waals surface area (Å²) < 4.78 is 4.88. The molecule has 0 bridgehead atoms. The van der Waals surface area contributed by atoms with Crippen molar-refractivity contribution < 1.29 is 9.53 Å². The minimum atomic E-state index is -0.319. The van der Waals surface area contributed by atoms with Crippen LogP contribution in [0.3, 0.4) is 0 Å². The number of fused-ring (bicyclic) bond motifs is 3. The Labute approximate surface area is 226 Å². The molecular formula is C37H24O2. The van der Waals surface area contributed by atoms with Crippen LogP contribution in [0.2, 0.25) is 0 Å². The van der Waals surface area contributed by atoms with Crippen LogP contribution in [0.15, 0.2) is 115 Å². The lowest BCUT2D eigenvalue weighted by molar-refractivity contribution is 0.0600. The highest BCUT2D eigenvalue weighted by molar-refractivity contribution is 6.27. The number of carbonyl (C=O) groups excluding carboxylic acids is 1. The Morgan fingerprint density at radius 2 is 1.15 bits per heavy atom. The fourth-order valence-corrected chi connectivity index (χ4v) is 6.60. The van der Waals surface area contributed by atoms with E-state index in [1.165, 1.54) is 72.8 Å². The van der Waals surface area contributed by atoms with Gasteiger partial charge >= 0.3 is 5.97 Å². The SMILES string of the molecule is COC(=O)c1ccc(-c2ccc3ccc4c(-c5cccc6c5Cc5ccccc5-6)ccc5ccc2c3c54)cc1. The van der Waals surface area contributed by atoms with Gasteiger partial charge in [-0.1, -0.05) is 103 Å². The van der Waals surface area contributed by atoms with Crippen LogP contribution < -0.4 is 0 Å². The minimum absolute atomic E-state index is 0.319. The Kier molecular flexibility index (Phi) is 4.68. The maximum absolute atomic E-state index is 12.0. The first-order valence-corrected chi connectivity index (χ1v) is 13.3. The lowest BCUT2D eigenvalue weighted by Gasteiger charge is -2.18. The number of methoxy groups -OCH3 is 1. The number of rotatable bonds is 3. The summed E-state index contributed by atoms with van der Waals surface area (Å²) in [6.45, 7) is 0. The third kappa shape index (κ3) is 3.18. The number of hydrogen-bond donors (Lipinski definition) is 0. The van der Waals surface area contributed by atoms with E-state index in [-0.39, 0.29) is 5.97 Å². The van der Waals surface area contributed by atoms with Crippen molar-refractivity contribution >= 4 is 38.3 Å². The van der Waals surface area contributed by atoms with E-state index in [2.05, 4.69) is 91.0 Å². The Morgan fingerprint density at radius 1 is 0.564 bits per heavy atom. The molecule has 7 aromatic carbocycles. The quantitative estimate of drug-likeness (QED) is 0.178. The molecule has 0 fully saturated rings. The monoisotopic (exact) mass is 500 g/mol. The zero-order valence-electron chi connectivity index (χ0n) is 21.5. The second kappa shape index (κ2) is 8.28. The summed E-state index contributed by atoms with van der Waals surface area (Å²) in [4.78, 5) is 12.0. The Hall–Kier alpha value is -4.95. The molecule has 0 N–H and O–H groups in total. The van der Waals surface area contributed by atoms with Crippen molar-refractivity contribution in [3.63, 3.8) is 0 Å². The van der Waals surface area contributed by atoms with E-state index in [9.17, 15) is 4.79 Å². The van der Waals surface area contributed by atoms with Gasteiger partial charge in [0.25, 0.3) is 0 Å². The molecule has 2 nitrogen and oxygen atoms in total. The molecule has 39 heavy (non-hydrogen) atoms. The van der Waals surface area contributed by atoms with Crippen molar-refractivity contribution in [2.45, 2.75) is 6.42 Å². The van der Waals surface area contributed by atoms with Crippen LogP contribution in [-0.2, 0) is 11.2 Å². The molecule has 0 aliphatic heterocycles. The van der Waals surface area contributed by atoms with E-state index in [0.29, 0.717) is 5.56 Å². The lowest BCUT2D eigenvalue weighted by atomic mass is 9.86. The molecule has 0 atom stereocenters. The Balaban J connectivity index is 1.36. The smallest absolute Gasteiger partial charge is 0.337 e. The summed E-state index contributed by atoms with van der Waals surface area (Å²) in [5, 5.41) is 7.59. The maximum Gasteiger partial charge on any atom is 0.337 e. The van der Waals surface area contributed by atoms with E-state index in [0.717, 1.165) is 17.5 Å². The molecule has 2 heteroatoms. The third-order valence-electron chi connectivity index (χ3n) is 8.42. The molecule has 184 valence electrons. The van der Waals surface area contributed by atoms with E-state index >= 15 is 0 Å². The number of carbonyl (C=O) groups is 1. The fraction of sp³-hybridized carbons (Fsp3) is 0.0541. The molecule has 0 aromatic heterocycles. The van der Waals surface area contributed by atoms with E-state index < -0.39 is 0 Å². The van der Waals surface area contributed by atoms with Crippen molar-refractivity contribution in [3.8, 4) is 33.4 Å². The predicted octanol–water partition coefficient (Wildman–Crippen LogP) is 9.28. The molecule has 1 aliphatic carbocycles. The summed E-state index contributed by atoms with van der Waals surface area (Å²) >= 11 is 0. The molecule has 1 aliphatic rings. The van der Waals surface area contributed by atoms with Gasteiger partial charge in [-0.3, -0.25) is 0 Å². The first kappa shape index (κ1) is 22.1. The molecule has 0 radical (unpaired) electrons. The number of ether oxygens (including phenoxy) is 1. The van der Waals surface area contributed by atoms with Crippen molar-refractivity contribution in [1.82, 2.24) is 0 Å². The fourth-order valence-electron chi connectivity index (χ4n) is 6.60. The zero-order valence-corrected chi connectivity index (χ0v) is 21.5. The zero-order chi connectivity index (χ0) is 26.1. The van der Waals surface area contributed by atoms with Gasteiger partial charge in [0.1, 0.15) is 0 Å². The van der Waals surface area contributed by atoms with E-state index in [4.69, 9.17) is 4.74 Å². The molecule has 0 amide bonds. The average Bonchev–Trinajstić information content (AvgIpc) is 3.38. The van der Waals surface area contributed by atoms with Crippen LogP contribution in [0.1, 0.15) is 21.5 Å². The van der Waals surface area contributed by atoms with Gasteiger partial charge < -0.3 is 4.74 Å². The van der Waals surface area contributed by atoms with Gasteiger partial charge in [-0.05, 0) is 95.4 Å².